The van der Waals surface area contributed by atoms with Crippen molar-refractivity contribution in [2.24, 2.45) is 0 Å². The lowest BCUT2D eigenvalue weighted by molar-refractivity contribution is -0.384. The van der Waals surface area contributed by atoms with Gasteiger partial charge in [0.1, 0.15) is 5.52 Å². The number of nitrogens with zero attached hydrogens (tertiary/aromatic N) is 4. The SMILES string of the molecule is CN(C)CCN(C(=O)c1cc([N+](=O)[O-])ccc1Cl)c1nc2c(Cl)cccc2s1. The van der Waals surface area contributed by atoms with Crippen molar-refractivity contribution in [1.82, 2.24) is 9.88 Å². The minimum absolute atomic E-state index is 0.0555. The average Bonchev–Trinajstić information content (AvgIpc) is 3.07. The number of hydrogen-bond acceptors (Lipinski definition) is 6. The van der Waals surface area contributed by atoms with Gasteiger partial charge in [0.2, 0.25) is 0 Å². The highest BCUT2D eigenvalue weighted by molar-refractivity contribution is 7.22. The molecule has 1 aromatic heterocycles. The van der Waals surface area contributed by atoms with E-state index in [2.05, 4.69) is 4.98 Å². The molecule has 0 saturated carbocycles. The van der Waals surface area contributed by atoms with Gasteiger partial charge >= 0.3 is 0 Å². The second-order valence-corrected chi connectivity index (χ2v) is 8.09. The van der Waals surface area contributed by atoms with E-state index in [-0.39, 0.29) is 16.3 Å². The van der Waals surface area contributed by atoms with Crippen LogP contribution < -0.4 is 4.90 Å². The number of aromatic nitrogens is 1. The molecule has 0 N–H and O–H groups in total. The van der Waals surface area contributed by atoms with Crippen molar-refractivity contribution < 1.29 is 9.72 Å². The van der Waals surface area contributed by atoms with E-state index < -0.39 is 10.8 Å². The smallest absolute Gasteiger partial charge is 0.270 e. The Kier molecular flexibility index (Phi) is 6.14. The van der Waals surface area contributed by atoms with Crippen LogP contribution in [0.4, 0.5) is 10.8 Å². The van der Waals surface area contributed by atoms with Crippen molar-refractivity contribution in [3.05, 3.63) is 62.1 Å². The quantitative estimate of drug-likeness (QED) is 0.410. The van der Waals surface area contributed by atoms with Crippen LogP contribution in [0.25, 0.3) is 10.2 Å². The normalized spacial score (nSPS) is 11.2. The average molecular weight is 439 g/mol. The van der Waals surface area contributed by atoms with Crippen molar-refractivity contribution >= 4 is 61.5 Å². The fraction of sp³-hybridized carbons (Fsp3) is 0.222. The zero-order chi connectivity index (χ0) is 20.4. The van der Waals surface area contributed by atoms with Crippen LogP contribution in [-0.2, 0) is 0 Å². The molecular weight excluding hydrogens is 423 g/mol. The second kappa shape index (κ2) is 8.40. The fourth-order valence-corrected chi connectivity index (χ4v) is 4.03. The predicted molar refractivity (Wildman–Crippen MR) is 113 cm³/mol. The van der Waals surface area contributed by atoms with Crippen LogP contribution in [0.1, 0.15) is 10.4 Å². The molecule has 0 spiro atoms. The van der Waals surface area contributed by atoms with Crippen molar-refractivity contribution in [1.29, 1.82) is 0 Å². The van der Waals surface area contributed by atoms with E-state index in [0.29, 0.717) is 28.8 Å². The molecule has 0 unspecified atom stereocenters. The number of para-hydroxylation sites is 1. The van der Waals surface area contributed by atoms with Crippen LogP contribution in [0.5, 0.6) is 0 Å². The van der Waals surface area contributed by atoms with E-state index in [9.17, 15) is 14.9 Å². The first-order valence-electron chi connectivity index (χ1n) is 8.23. The van der Waals surface area contributed by atoms with Crippen molar-refractivity contribution in [2.75, 3.05) is 32.1 Å². The molecule has 10 heteroatoms. The predicted octanol–water partition coefficient (Wildman–Crippen LogP) is 4.72. The summed E-state index contributed by atoms with van der Waals surface area (Å²) in [6.45, 7) is 0.907. The van der Waals surface area contributed by atoms with Crippen molar-refractivity contribution in [3.8, 4) is 0 Å². The van der Waals surface area contributed by atoms with E-state index in [0.717, 1.165) is 4.70 Å². The molecule has 0 bridgehead atoms. The maximum Gasteiger partial charge on any atom is 0.270 e. The highest BCUT2D eigenvalue weighted by Gasteiger charge is 2.25. The van der Waals surface area contributed by atoms with Crippen LogP contribution in [-0.4, -0.2) is 47.9 Å². The molecule has 1 amide bonds. The molecule has 0 fully saturated rings. The van der Waals surface area contributed by atoms with E-state index >= 15 is 0 Å². The fourth-order valence-electron chi connectivity index (χ4n) is 2.54. The Hall–Kier alpha value is -2.26. The van der Waals surface area contributed by atoms with Crippen molar-refractivity contribution in [2.45, 2.75) is 0 Å². The molecule has 28 heavy (non-hydrogen) atoms. The molecular formula is C18H16Cl2N4O3S. The number of benzene rings is 2. The Labute approximate surface area is 175 Å². The van der Waals surface area contributed by atoms with Gasteiger partial charge in [-0.05, 0) is 32.3 Å². The number of likely N-dealkylation sites (N-methyl/N-ethyl adjacent to an activating group) is 1. The van der Waals surface area contributed by atoms with E-state index in [1.54, 1.807) is 6.07 Å². The Bertz CT molecular complexity index is 1050. The summed E-state index contributed by atoms with van der Waals surface area (Å²) in [5, 5.41) is 12.2. The molecule has 0 radical (unpaired) electrons. The standard InChI is InChI=1S/C18H16Cl2N4O3S/c1-22(2)8-9-23(18-21-16-14(20)4-3-5-15(16)28-18)17(25)12-10-11(24(26)27)6-7-13(12)19/h3-7,10H,8-9H2,1-2H3. The largest absolute Gasteiger partial charge is 0.308 e. The summed E-state index contributed by atoms with van der Waals surface area (Å²) in [4.78, 5) is 31.7. The van der Waals surface area contributed by atoms with Gasteiger partial charge in [-0.3, -0.25) is 19.8 Å². The number of non-ortho nitro benzene ring substituents is 1. The molecule has 3 rings (SSSR count). The summed E-state index contributed by atoms with van der Waals surface area (Å²) in [7, 11) is 3.77. The number of nitro groups is 1. The van der Waals surface area contributed by atoms with Gasteiger partial charge in [0.25, 0.3) is 11.6 Å². The third-order valence-corrected chi connectivity index (χ3v) is 5.67. The van der Waals surface area contributed by atoms with Crippen LogP contribution in [0.2, 0.25) is 10.0 Å². The lowest BCUT2D eigenvalue weighted by atomic mass is 10.1. The topological polar surface area (TPSA) is 79.6 Å². The molecule has 3 aromatic rings. The van der Waals surface area contributed by atoms with Crippen LogP contribution in [0.15, 0.2) is 36.4 Å². The van der Waals surface area contributed by atoms with Gasteiger partial charge in [-0.2, -0.15) is 0 Å². The third kappa shape index (κ3) is 4.25. The molecule has 0 saturated heterocycles. The number of amides is 1. The van der Waals surface area contributed by atoms with Gasteiger partial charge in [0.15, 0.2) is 5.13 Å². The maximum absolute atomic E-state index is 13.2. The zero-order valence-electron chi connectivity index (χ0n) is 15.1. The van der Waals surface area contributed by atoms with Crippen LogP contribution in [0, 0.1) is 10.1 Å². The van der Waals surface area contributed by atoms with Gasteiger partial charge in [0, 0.05) is 25.2 Å². The summed E-state index contributed by atoms with van der Waals surface area (Å²) in [6.07, 6.45) is 0. The highest BCUT2D eigenvalue weighted by Crippen LogP contribution is 2.34. The molecule has 2 aromatic carbocycles. The monoisotopic (exact) mass is 438 g/mol. The first-order valence-corrected chi connectivity index (χ1v) is 9.80. The van der Waals surface area contributed by atoms with E-state index in [4.69, 9.17) is 23.2 Å². The Morgan fingerprint density at radius 2 is 1.93 bits per heavy atom. The summed E-state index contributed by atoms with van der Waals surface area (Å²) >= 11 is 13.7. The number of thiazole rings is 1. The van der Waals surface area contributed by atoms with Gasteiger partial charge in [-0.1, -0.05) is 40.6 Å². The van der Waals surface area contributed by atoms with Crippen LogP contribution >= 0.6 is 34.5 Å². The molecule has 0 aliphatic rings. The van der Waals surface area contributed by atoms with Gasteiger partial charge < -0.3 is 4.90 Å². The number of carbonyl (C=O) groups excluding carboxylic acids is 1. The number of halogens is 2. The molecule has 0 atom stereocenters. The minimum Gasteiger partial charge on any atom is -0.308 e. The van der Waals surface area contributed by atoms with Gasteiger partial charge in [-0.25, -0.2) is 4.98 Å². The van der Waals surface area contributed by atoms with Gasteiger partial charge in [-0.15, -0.1) is 0 Å². The first-order chi connectivity index (χ1) is 13.3. The third-order valence-electron chi connectivity index (χ3n) is 4.00. The Morgan fingerprint density at radius 1 is 1.18 bits per heavy atom. The lowest BCUT2D eigenvalue weighted by Crippen LogP contribution is -2.37. The zero-order valence-corrected chi connectivity index (χ0v) is 17.4. The first kappa shape index (κ1) is 20.5. The molecule has 0 aliphatic heterocycles. The number of hydrogen-bond donors (Lipinski definition) is 0. The molecule has 7 nitrogen and oxygen atoms in total. The van der Waals surface area contributed by atoms with E-state index in [1.165, 1.54) is 34.4 Å². The van der Waals surface area contributed by atoms with Crippen LogP contribution in [0.3, 0.4) is 0 Å². The lowest BCUT2D eigenvalue weighted by Gasteiger charge is -2.22. The number of nitro benzene ring substituents is 1. The van der Waals surface area contributed by atoms with Crippen molar-refractivity contribution in [3.63, 3.8) is 0 Å². The van der Waals surface area contributed by atoms with E-state index in [1.807, 2.05) is 31.1 Å². The maximum atomic E-state index is 13.2. The summed E-state index contributed by atoms with van der Waals surface area (Å²) in [5.74, 6) is -0.453. The molecule has 146 valence electrons. The summed E-state index contributed by atoms with van der Waals surface area (Å²) < 4.78 is 0.843. The Balaban J connectivity index is 2.06. The van der Waals surface area contributed by atoms with Gasteiger partial charge in [0.05, 0.1) is 25.2 Å². The second-order valence-electron chi connectivity index (χ2n) is 6.26. The molecule has 1 heterocycles. The highest BCUT2D eigenvalue weighted by atomic mass is 35.5. The number of anilines is 1. The number of fused-ring (bicyclic) bond motifs is 1. The Morgan fingerprint density at radius 3 is 2.57 bits per heavy atom. The molecule has 0 aliphatic carbocycles. The number of rotatable bonds is 6. The summed E-state index contributed by atoms with van der Waals surface area (Å²) in [5.41, 5.74) is 0.463. The summed E-state index contributed by atoms with van der Waals surface area (Å²) in [6, 6.07) is 9.23. The number of carbonyl (C=O) groups is 1. The minimum atomic E-state index is -0.561.